The molecule has 0 N–H and O–H groups in total. The maximum Gasteiger partial charge on any atom is 0.209 e. The first-order valence-electron chi connectivity index (χ1n) is 4.98. The van der Waals surface area contributed by atoms with Crippen LogP contribution in [0.5, 0.6) is 0 Å². The van der Waals surface area contributed by atoms with Gasteiger partial charge in [0, 0.05) is 17.9 Å². The van der Waals surface area contributed by atoms with Gasteiger partial charge < -0.3 is 0 Å². The lowest BCUT2D eigenvalue weighted by Gasteiger charge is -2.10. The van der Waals surface area contributed by atoms with Crippen molar-refractivity contribution in [3.8, 4) is 0 Å². The lowest BCUT2D eigenvalue weighted by molar-refractivity contribution is 0.594. The van der Waals surface area contributed by atoms with E-state index in [1.165, 1.54) is 0 Å². The highest BCUT2D eigenvalue weighted by Gasteiger charge is 2.25. The Morgan fingerprint density at radius 1 is 0.789 bits per heavy atom. The summed E-state index contributed by atoms with van der Waals surface area (Å²) >= 11 is 13.2. The van der Waals surface area contributed by atoms with Crippen LogP contribution in [-0.4, -0.2) is 8.42 Å². The number of hydrogen-bond acceptors (Lipinski definition) is 2. The zero-order chi connectivity index (χ0) is 14.2. The van der Waals surface area contributed by atoms with Crippen LogP contribution in [0.2, 0.25) is 0 Å². The van der Waals surface area contributed by atoms with E-state index < -0.39 is 9.84 Å². The van der Waals surface area contributed by atoms with Crippen LogP contribution >= 0.6 is 63.7 Å². The molecule has 0 saturated heterocycles. The fraction of sp³-hybridized carbons (Fsp3) is 0. The van der Waals surface area contributed by atoms with Crippen molar-refractivity contribution < 1.29 is 8.42 Å². The smallest absolute Gasteiger partial charge is 0.209 e. The van der Waals surface area contributed by atoms with Crippen LogP contribution in [0.25, 0.3) is 0 Å². The molecule has 0 aliphatic carbocycles. The highest BCUT2D eigenvalue weighted by Crippen LogP contribution is 2.37. The van der Waals surface area contributed by atoms with Crippen LogP contribution < -0.4 is 0 Å². The van der Waals surface area contributed by atoms with E-state index >= 15 is 0 Å². The molecule has 0 unspecified atom stereocenters. The van der Waals surface area contributed by atoms with Gasteiger partial charge in [0.15, 0.2) is 0 Å². The van der Waals surface area contributed by atoms with Crippen LogP contribution in [0, 0.1) is 0 Å². The van der Waals surface area contributed by atoms with E-state index in [1.54, 1.807) is 36.4 Å². The fourth-order valence-electron chi connectivity index (χ4n) is 1.54. The number of halogens is 4. The second kappa shape index (κ2) is 5.97. The summed E-state index contributed by atoms with van der Waals surface area (Å²) in [5.74, 6) is 0. The molecule has 0 aromatic heterocycles. The molecule has 0 atom stereocenters. The average molecular weight is 534 g/mol. The van der Waals surface area contributed by atoms with Gasteiger partial charge in [0.25, 0.3) is 0 Å². The summed E-state index contributed by atoms with van der Waals surface area (Å²) in [7, 11) is -3.61. The molecular formula is C12H6Br4O2S. The van der Waals surface area contributed by atoms with Gasteiger partial charge in [-0.1, -0.05) is 22.0 Å². The molecule has 2 rings (SSSR count). The number of benzene rings is 2. The van der Waals surface area contributed by atoms with Gasteiger partial charge in [0.2, 0.25) is 9.84 Å². The first kappa shape index (κ1) is 15.7. The molecule has 0 aliphatic heterocycles. The van der Waals surface area contributed by atoms with Crippen molar-refractivity contribution in [2.24, 2.45) is 0 Å². The van der Waals surface area contributed by atoms with Gasteiger partial charge in [0.1, 0.15) is 4.90 Å². The molecule has 0 radical (unpaired) electrons. The van der Waals surface area contributed by atoms with E-state index in [-0.39, 0.29) is 9.79 Å². The van der Waals surface area contributed by atoms with Crippen LogP contribution in [0.1, 0.15) is 0 Å². The van der Waals surface area contributed by atoms with E-state index in [0.29, 0.717) is 13.4 Å². The highest BCUT2D eigenvalue weighted by atomic mass is 79.9. The predicted molar refractivity (Wildman–Crippen MR) is 89.1 cm³/mol. The second-order valence-electron chi connectivity index (χ2n) is 3.63. The molecule has 0 aliphatic rings. The molecule has 2 aromatic rings. The van der Waals surface area contributed by atoms with Crippen molar-refractivity contribution in [2.45, 2.75) is 9.79 Å². The van der Waals surface area contributed by atoms with E-state index in [4.69, 9.17) is 0 Å². The lowest BCUT2D eigenvalue weighted by Crippen LogP contribution is -2.05. The first-order valence-corrected chi connectivity index (χ1v) is 9.63. The molecule has 100 valence electrons. The number of hydrogen-bond donors (Lipinski definition) is 0. The Kier molecular flexibility index (Phi) is 4.93. The largest absolute Gasteiger partial charge is 0.218 e. The van der Waals surface area contributed by atoms with Crippen LogP contribution in [0.4, 0.5) is 0 Å². The van der Waals surface area contributed by atoms with Crippen molar-refractivity contribution in [2.75, 3.05) is 0 Å². The zero-order valence-electron chi connectivity index (χ0n) is 9.20. The average Bonchev–Trinajstić information content (AvgIpc) is 2.27. The fourth-order valence-corrected chi connectivity index (χ4v) is 6.94. The Morgan fingerprint density at radius 2 is 1.37 bits per heavy atom. The molecular weight excluding hydrogens is 528 g/mol. The van der Waals surface area contributed by atoms with Crippen LogP contribution in [0.15, 0.2) is 64.1 Å². The molecule has 0 spiro atoms. The summed E-state index contributed by atoms with van der Waals surface area (Å²) in [6.07, 6.45) is 0. The van der Waals surface area contributed by atoms with E-state index in [1.807, 2.05) is 0 Å². The van der Waals surface area contributed by atoms with Crippen LogP contribution in [0.3, 0.4) is 0 Å². The molecule has 7 heteroatoms. The molecule has 0 fully saturated rings. The predicted octanol–water partition coefficient (Wildman–Crippen LogP) is 5.57. The molecule has 0 heterocycles. The minimum Gasteiger partial charge on any atom is -0.218 e. The summed E-state index contributed by atoms with van der Waals surface area (Å²) in [5, 5.41) is 0. The third-order valence-electron chi connectivity index (χ3n) is 2.37. The van der Waals surface area contributed by atoms with Crippen molar-refractivity contribution in [1.29, 1.82) is 0 Å². The molecule has 2 aromatic carbocycles. The Balaban J connectivity index is 2.73. The quantitative estimate of drug-likeness (QED) is 0.506. The summed E-state index contributed by atoms with van der Waals surface area (Å²) in [5.41, 5.74) is 0. The zero-order valence-corrected chi connectivity index (χ0v) is 16.4. The first-order chi connectivity index (χ1) is 8.84. The third-order valence-corrected chi connectivity index (χ3v) is 7.54. The Labute approximate surface area is 145 Å². The summed E-state index contributed by atoms with van der Waals surface area (Å²) in [4.78, 5) is 0.446. The van der Waals surface area contributed by atoms with Crippen molar-refractivity contribution in [3.63, 3.8) is 0 Å². The van der Waals surface area contributed by atoms with Crippen molar-refractivity contribution >= 4 is 73.6 Å². The Hall–Kier alpha value is 0.310. The van der Waals surface area contributed by atoms with E-state index in [2.05, 4.69) is 63.7 Å². The summed E-state index contributed by atoms with van der Waals surface area (Å²) in [6, 6.07) is 10.1. The Bertz CT molecular complexity index is 721. The SMILES string of the molecule is O=S(=O)(c1ccc(Br)cc1Br)c1c(Br)cccc1Br. The summed E-state index contributed by atoms with van der Waals surface area (Å²) in [6.45, 7) is 0. The maximum absolute atomic E-state index is 12.7. The Morgan fingerprint density at radius 3 is 1.89 bits per heavy atom. The number of rotatable bonds is 2. The van der Waals surface area contributed by atoms with Gasteiger partial charge in [-0.25, -0.2) is 8.42 Å². The van der Waals surface area contributed by atoms with Crippen LogP contribution in [-0.2, 0) is 9.84 Å². The van der Waals surface area contributed by atoms with Gasteiger partial charge in [0.05, 0.1) is 4.90 Å². The molecule has 2 nitrogen and oxygen atoms in total. The van der Waals surface area contributed by atoms with E-state index in [9.17, 15) is 8.42 Å². The van der Waals surface area contributed by atoms with Gasteiger partial charge in [-0.2, -0.15) is 0 Å². The highest BCUT2D eigenvalue weighted by molar-refractivity contribution is 9.11. The maximum atomic E-state index is 12.7. The monoisotopic (exact) mass is 530 g/mol. The lowest BCUT2D eigenvalue weighted by atomic mass is 10.4. The van der Waals surface area contributed by atoms with Crippen molar-refractivity contribution in [3.05, 3.63) is 54.3 Å². The minimum absolute atomic E-state index is 0.220. The molecule has 19 heavy (non-hydrogen) atoms. The standard InChI is InChI=1S/C12H6Br4O2S/c13-7-4-5-11(10(16)6-7)19(17,18)12-8(14)2-1-3-9(12)15/h1-6H. The third kappa shape index (κ3) is 3.15. The topological polar surface area (TPSA) is 34.1 Å². The van der Waals surface area contributed by atoms with E-state index in [0.717, 1.165) is 4.47 Å². The van der Waals surface area contributed by atoms with Gasteiger partial charge in [-0.15, -0.1) is 0 Å². The summed E-state index contributed by atoms with van der Waals surface area (Å²) < 4.78 is 27.8. The molecule has 0 amide bonds. The van der Waals surface area contributed by atoms with Gasteiger partial charge >= 0.3 is 0 Å². The van der Waals surface area contributed by atoms with Crippen molar-refractivity contribution in [1.82, 2.24) is 0 Å². The second-order valence-corrected chi connectivity index (χ2v) is 8.96. The molecule has 0 bridgehead atoms. The normalized spacial score (nSPS) is 11.6. The number of sulfone groups is 1. The van der Waals surface area contributed by atoms with Gasteiger partial charge in [-0.3, -0.25) is 0 Å². The minimum atomic E-state index is -3.61. The van der Waals surface area contributed by atoms with Gasteiger partial charge in [-0.05, 0) is 78.1 Å². The molecule has 0 saturated carbocycles.